The van der Waals surface area contributed by atoms with Crippen LogP contribution in [0.3, 0.4) is 0 Å². The Balaban J connectivity index is 3.58. The minimum atomic E-state index is -3.72. The molecule has 1 aromatic rings. The molecule has 0 saturated carbocycles. The molecular formula is C10H11F2NO2S. The number of hydrogen-bond acceptors (Lipinski definition) is 3. The van der Waals surface area contributed by atoms with Gasteiger partial charge in [-0.2, -0.15) is 8.78 Å². The molecule has 0 atom stereocenters. The first-order chi connectivity index (χ1) is 7.16. The van der Waals surface area contributed by atoms with E-state index in [0.717, 1.165) is 12.3 Å². The Labute approximate surface area is 92.7 Å². The second kappa shape index (κ2) is 3.93. The summed E-state index contributed by atoms with van der Waals surface area (Å²) in [6.45, 7) is 4.00. The molecule has 3 nitrogen and oxygen atoms in total. The Hall–Kier alpha value is -1.30. The molecule has 0 bridgehead atoms. The van der Waals surface area contributed by atoms with Crippen LogP contribution in [0.2, 0.25) is 0 Å². The Morgan fingerprint density at radius 1 is 1.44 bits per heavy atom. The third kappa shape index (κ3) is 2.63. The summed E-state index contributed by atoms with van der Waals surface area (Å²) in [5, 5.41) is 0. The van der Waals surface area contributed by atoms with Crippen LogP contribution in [0.5, 0.6) is 0 Å². The summed E-state index contributed by atoms with van der Waals surface area (Å²) in [7, 11) is -3.72. The summed E-state index contributed by atoms with van der Waals surface area (Å²) in [4.78, 5) is 3.13. The molecule has 88 valence electrons. The summed E-state index contributed by atoms with van der Waals surface area (Å²) in [6, 6.07) is 2.45. The lowest BCUT2D eigenvalue weighted by Crippen LogP contribution is -2.16. The second-order valence-electron chi connectivity index (χ2n) is 3.45. The van der Waals surface area contributed by atoms with Crippen LogP contribution >= 0.6 is 0 Å². The van der Waals surface area contributed by atoms with Gasteiger partial charge in [-0.3, -0.25) is 0 Å². The van der Waals surface area contributed by atoms with Crippen molar-refractivity contribution in [1.82, 2.24) is 4.98 Å². The molecule has 1 heterocycles. The summed E-state index contributed by atoms with van der Waals surface area (Å²) in [6.07, 6.45) is 2.15. The van der Waals surface area contributed by atoms with Gasteiger partial charge in [0.05, 0.1) is 10.6 Å². The van der Waals surface area contributed by atoms with Crippen molar-refractivity contribution < 1.29 is 17.2 Å². The minimum Gasteiger partial charge on any atom is -0.246 e. The van der Waals surface area contributed by atoms with Crippen molar-refractivity contribution in [3.63, 3.8) is 0 Å². The van der Waals surface area contributed by atoms with Gasteiger partial charge in [0, 0.05) is 13.2 Å². The topological polar surface area (TPSA) is 47.0 Å². The highest BCUT2D eigenvalue weighted by Crippen LogP contribution is 2.30. The molecule has 0 fully saturated rings. The molecule has 0 aliphatic rings. The third-order valence-corrected chi connectivity index (χ3v) is 3.03. The summed E-state index contributed by atoms with van der Waals surface area (Å²) in [5.74, 6) is -3.31. The van der Waals surface area contributed by atoms with Crippen LogP contribution in [0.1, 0.15) is 18.3 Å². The van der Waals surface area contributed by atoms with Gasteiger partial charge in [-0.25, -0.2) is 13.4 Å². The summed E-state index contributed by atoms with van der Waals surface area (Å²) >= 11 is 0. The van der Waals surface area contributed by atoms with Gasteiger partial charge in [0.15, 0.2) is 9.84 Å². The van der Waals surface area contributed by atoms with Crippen LogP contribution in [0.25, 0.3) is 6.08 Å². The molecule has 0 radical (unpaired) electrons. The summed E-state index contributed by atoms with van der Waals surface area (Å²) in [5.41, 5.74) is -0.531. The third-order valence-electron chi connectivity index (χ3n) is 1.90. The van der Waals surface area contributed by atoms with Gasteiger partial charge in [0.25, 0.3) is 5.92 Å². The molecule has 0 saturated heterocycles. The van der Waals surface area contributed by atoms with Crippen molar-refractivity contribution in [1.29, 1.82) is 0 Å². The Kier molecular flexibility index (Phi) is 3.14. The van der Waals surface area contributed by atoms with E-state index in [1.165, 1.54) is 12.1 Å². The predicted octanol–water partition coefficient (Wildman–Crippen LogP) is 2.24. The molecular weight excluding hydrogens is 236 g/mol. The maximum absolute atomic E-state index is 13.2. The Morgan fingerprint density at radius 3 is 2.38 bits per heavy atom. The molecule has 0 spiro atoms. The first-order valence-electron chi connectivity index (χ1n) is 4.38. The average Bonchev–Trinajstić information content (AvgIpc) is 2.14. The fourth-order valence-electron chi connectivity index (χ4n) is 1.19. The molecule has 0 aliphatic heterocycles. The number of sulfone groups is 1. The quantitative estimate of drug-likeness (QED) is 0.823. The summed E-state index contributed by atoms with van der Waals surface area (Å²) < 4.78 is 49.0. The van der Waals surface area contributed by atoms with Gasteiger partial charge in [-0.1, -0.05) is 6.58 Å². The maximum atomic E-state index is 13.2. The molecule has 0 aromatic carbocycles. The van der Waals surface area contributed by atoms with Crippen LogP contribution in [-0.2, 0) is 15.8 Å². The first kappa shape index (κ1) is 12.8. The molecule has 0 amide bonds. The largest absolute Gasteiger partial charge is 0.288 e. The second-order valence-corrected chi connectivity index (χ2v) is 5.43. The molecule has 0 N–H and O–H groups in total. The number of rotatable bonds is 3. The van der Waals surface area contributed by atoms with Crippen molar-refractivity contribution >= 4 is 15.9 Å². The standard InChI is InChI=1S/C10H11F2NO2S/c1-4-7-5-6-8(16(3,14)15)9(13-7)10(2,11)12/h4-6H,1H2,2-3H3. The van der Waals surface area contributed by atoms with Crippen molar-refractivity contribution in [2.45, 2.75) is 17.7 Å². The van der Waals surface area contributed by atoms with Crippen LogP contribution in [0.15, 0.2) is 23.6 Å². The van der Waals surface area contributed by atoms with E-state index in [0.29, 0.717) is 6.92 Å². The zero-order valence-corrected chi connectivity index (χ0v) is 9.68. The first-order valence-corrected chi connectivity index (χ1v) is 6.27. The Bertz CT molecular complexity index is 518. The number of hydrogen-bond donors (Lipinski definition) is 0. The van der Waals surface area contributed by atoms with E-state index in [9.17, 15) is 17.2 Å². The molecule has 0 unspecified atom stereocenters. The number of alkyl halides is 2. The number of aromatic nitrogens is 1. The van der Waals surface area contributed by atoms with E-state index in [1.54, 1.807) is 0 Å². The maximum Gasteiger partial charge on any atom is 0.288 e. The van der Waals surface area contributed by atoms with Gasteiger partial charge in [0.1, 0.15) is 5.69 Å². The SMILES string of the molecule is C=Cc1ccc(S(C)(=O)=O)c(C(C)(F)F)n1. The van der Waals surface area contributed by atoms with Gasteiger partial charge in [-0.15, -0.1) is 0 Å². The van der Waals surface area contributed by atoms with Crippen LogP contribution in [0, 0.1) is 0 Å². The van der Waals surface area contributed by atoms with Crippen LogP contribution in [0.4, 0.5) is 8.78 Å². The average molecular weight is 247 g/mol. The number of halogens is 2. The van der Waals surface area contributed by atoms with E-state index in [-0.39, 0.29) is 5.69 Å². The van der Waals surface area contributed by atoms with Crippen LogP contribution < -0.4 is 0 Å². The fourth-order valence-corrected chi connectivity index (χ4v) is 2.08. The van der Waals surface area contributed by atoms with Gasteiger partial charge < -0.3 is 0 Å². The molecule has 16 heavy (non-hydrogen) atoms. The smallest absolute Gasteiger partial charge is 0.246 e. The molecule has 1 rings (SSSR count). The van der Waals surface area contributed by atoms with E-state index in [4.69, 9.17) is 0 Å². The number of nitrogens with zero attached hydrogens (tertiary/aromatic N) is 1. The van der Waals surface area contributed by atoms with E-state index in [2.05, 4.69) is 11.6 Å². The zero-order valence-electron chi connectivity index (χ0n) is 8.87. The van der Waals surface area contributed by atoms with Crippen molar-refractivity contribution in [2.24, 2.45) is 0 Å². The van der Waals surface area contributed by atoms with Gasteiger partial charge in [-0.05, 0) is 18.2 Å². The predicted molar refractivity (Wildman–Crippen MR) is 57.0 cm³/mol. The zero-order chi connectivity index (χ0) is 12.6. The lowest BCUT2D eigenvalue weighted by atomic mass is 10.2. The van der Waals surface area contributed by atoms with E-state index < -0.39 is 26.3 Å². The van der Waals surface area contributed by atoms with Gasteiger partial charge >= 0.3 is 0 Å². The number of pyridine rings is 1. The highest BCUT2D eigenvalue weighted by atomic mass is 32.2. The Morgan fingerprint density at radius 2 is 2.00 bits per heavy atom. The molecule has 1 aromatic heterocycles. The van der Waals surface area contributed by atoms with E-state index >= 15 is 0 Å². The van der Waals surface area contributed by atoms with Gasteiger partial charge in [0.2, 0.25) is 0 Å². The normalized spacial score (nSPS) is 12.5. The lowest BCUT2D eigenvalue weighted by Gasteiger charge is -2.14. The fraction of sp³-hybridized carbons (Fsp3) is 0.300. The monoisotopic (exact) mass is 247 g/mol. The van der Waals surface area contributed by atoms with Crippen molar-refractivity contribution in [3.05, 3.63) is 30.1 Å². The van der Waals surface area contributed by atoms with Crippen molar-refractivity contribution in [2.75, 3.05) is 6.26 Å². The highest BCUT2D eigenvalue weighted by molar-refractivity contribution is 7.90. The molecule has 0 aliphatic carbocycles. The van der Waals surface area contributed by atoms with Crippen LogP contribution in [-0.4, -0.2) is 19.7 Å². The molecule has 6 heteroatoms. The van der Waals surface area contributed by atoms with E-state index in [1.807, 2.05) is 0 Å². The van der Waals surface area contributed by atoms with Crippen molar-refractivity contribution in [3.8, 4) is 0 Å². The highest BCUT2D eigenvalue weighted by Gasteiger charge is 2.32. The lowest BCUT2D eigenvalue weighted by molar-refractivity contribution is 0.00943. The minimum absolute atomic E-state index is 0.212.